The summed E-state index contributed by atoms with van der Waals surface area (Å²) in [6.45, 7) is 4.08. The number of aromatic nitrogens is 1. The summed E-state index contributed by atoms with van der Waals surface area (Å²) in [5.74, 6) is 1.13. The van der Waals surface area contributed by atoms with Gasteiger partial charge in [0.15, 0.2) is 0 Å². The largest absolute Gasteiger partial charge is 0.482 e. The van der Waals surface area contributed by atoms with Gasteiger partial charge in [-0.25, -0.2) is 4.98 Å². The molecule has 2 aromatic rings. The van der Waals surface area contributed by atoms with Gasteiger partial charge in [-0.15, -0.1) is 22.9 Å². The summed E-state index contributed by atoms with van der Waals surface area (Å²) in [6.07, 6.45) is 0.751. The summed E-state index contributed by atoms with van der Waals surface area (Å²) < 4.78 is 5.99. The quantitative estimate of drug-likeness (QED) is 0.691. The lowest BCUT2D eigenvalue weighted by molar-refractivity contribution is 0.200. The third-order valence-corrected chi connectivity index (χ3v) is 4.28. The highest BCUT2D eigenvalue weighted by Gasteiger charge is 2.17. The summed E-state index contributed by atoms with van der Waals surface area (Å²) in [4.78, 5) is 4.47. The van der Waals surface area contributed by atoms with Crippen LogP contribution in [0.15, 0.2) is 23.6 Å². The van der Waals surface area contributed by atoms with Gasteiger partial charge in [-0.3, -0.25) is 0 Å². The molecule has 0 saturated heterocycles. The maximum absolute atomic E-state index is 6.15. The first kappa shape index (κ1) is 14.6. The lowest BCUT2D eigenvalue weighted by atomic mass is 10.2. The van der Waals surface area contributed by atoms with E-state index in [0.29, 0.717) is 16.7 Å². The van der Waals surface area contributed by atoms with Gasteiger partial charge in [0.2, 0.25) is 0 Å². The maximum Gasteiger partial charge on any atom is 0.150 e. The molecular formula is C14H15Cl2NOS. The van der Waals surface area contributed by atoms with Crippen LogP contribution in [0.5, 0.6) is 5.75 Å². The summed E-state index contributed by atoms with van der Waals surface area (Å²) in [7, 11) is 0. The van der Waals surface area contributed by atoms with Crippen LogP contribution in [-0.2, 0) is 5.88 Å². The van der Waals surface area contributed by atoms with E-state index in [9.17, 15) is 0 Å². The van der Waals surface area contributed by atoms with Crippen molar-refractivity contribution >= 4 is 34.5 Å². The van der Waals surface area contributed by atoms with E-state index in [1.54, 1.807) is 11.3 Å². The van der Waals surface area contributed by atoms with Crippen LogP contribution < -0.4 is 4.74 Å². The van der Waals surface area contributed by atoms with E-state index < -0.39 is 0 Å². The van der Waals surface area contributed by atoms with Crippen molar-refractivity contribution in [1.82, 2.24) is 4.98 Å². The molecule has 102 valence electrons. The second-order valence-electron chi connectivity index (χ2n) is 4.26. The zero-order valence-corrected chi connectivity index (χ0v) is 13.1. The Hall–Kier alpha value is -0.770. The molecule has 0 aliphatic carbocycles. The van der Waals surface area contributed by atoms with Crippen molar-refractivity contribution in [2.75, 3.05) is 0 Å². The van der Waals surface area contributed by atoms with E-state index in [0.717, 1.165) is 22.7 Å². The van der Waals surface area contributed by atoms with E-state index in [-0.39, 0.29) is 6.10 Å². The summed E-state index contributed by atoms with van der Waals surface area (Å²) in [6, 6.07) is 5.76. The zero-order valence-electron chi connectivity index (χ0n) is 10.8. The monoisotopic (exact) mass is 315 g/mol. The Morgan fingerprint density at radius 1 is 1.42 bits per heavy atom. The SMILES string of the molecule is CCC(Oc1cc(C)ccc1Cl)c1nc(CCl)cs1. The molecular weight excluding hydrogens is 301 g/mol. The Balaban J connectivity index is 2.21. The minimum absolute atomic E-state index is 0.0822. The van der Waals surface area contributed by atoms with Gasteiger partial charge in [0.05, 0.1) is 16.6 Å². The predicted molar refractivity (Wildman–Crippen MR) is 81.5 cm³/mol. The van der Waals surface area contributed by atoms with Crippen molar-refractivity contribution < 1.29 is 4.74 Å². The van der Waals surface area contributed by atoms with Crippen LogP contribution in [0.1, 0.15) is 35.7 Å². The van der Waals surface area contributed by atoms with Gasteiger partial charge in [0.25, 0.3) is 0 Å². The molecule has 0 N–H and O–H groups in total. The van der Waals surface area contributed by atoms with Crippen LogP contribution >= 0.6 is 34.5 Å². The van der Waals surface area contributed by atoms with Crippen molar-refractivity contribution in [3.05, 3.63) is 44.9 Å². The Morgan fingerprint density at radius 3 is 2.84 bits per heavy atom. The fourth-order valence-electron chi connectivity index (χ4n) is 1.69. The topological polar surface area (TPSA) is 22.1 Å². The fourth-order valence-corrected chi connectivity index (χ4v) is 3.01. The van der Waals surface area contributed by atoms with Crippen molar-refractivity contribution in [3.8, 4) is 5.75 Å². The van der Waals surface area contributed by atoms with Gasteiger partial charge in [-0.05, 0) is 31.0 Å². The van der Waals surface area contributed by atoms with E-state index in [1.165, 1.54) is 0 Å². The molecule has 0 radical (unpaired) electrons. The molecule has 0 spiro atoms. The fraction of sp³-hybridized carbons (Fsp3) is 0.357. The molecule has 1 unspecified atom stereocenters. The standard InChI is InChI=1S/C14H15Cl2NOS/c1-3-12(14-17-10(7-15)8-19-14)18-13-6-9(2)4-5-11(13)16/h4-6,8,12H,3,7H2,1-2H3. The summed E-state index contributed by atoms with van der Waals surface area (Å²) >= 11 is 13.5. The first-order valence-corrected chi connectivity index (χ1v) is 7.86. The van der Waals surface area contributed by atoms with Gasteiger partial charge in [-0.1, -0.05) is 24.6 Å². The van der Waals surface area contributed by atoms with E-state index in [2.05, 4.69) is 11.9 Å². The van der Waals surface area contributed by atoms with Crippen molar-refractivity contribution in [2.45, 2.75) is 32.3 Å². The van der Waals surface area contributed by atoms with Gasteiger partial charge in [0, 0.05) is 5.38 Å². The molecule has 19 heavy (non-hydrogen) atoms. The molecule has 0 aliphatic rings. The Morgan fingerprint density at radius 2 is 2.21 bits per heavy atom. The maximum atomic E-state index is 6.15. The van der Waals surface area contributed by atoms with Crippen molar-refractivity contribution in [3.63, 3.8) is 0 Å². The third-order valence-electron chi connectivity index (χ3n) is 2.71. The summed E-state index contributed by atoms with van der Waals surface area (Å²) in [5, 5.41) is 3.53. The van der Waals surface area contributed by atoms with E-state index in [1.807, 2.05) is 30.5 Å². The number of aryl methyl sites for hydroxylation is 1. The first-order chi connectivity index (χ1) is 9.13. The third kappa shape index (κ3) is 3.62. The number of nitrogens with zero attached hydrogens (tertiary/aromatic N) is 1. The number of benzene rings is 1. The molecule has 1 aromatic carbocycles. The lowest BCUT2D eigenvalue weighted by Gasteiger charge is -2.16. The molecule has 0 fully saturated rings. The van der Waals surface area contributed by atoms with E-state index >= 15 is 0 Å². The first-order valence-electron chi connectivity index (χ1n) is 6.07. The Bertz CT molecular complexity index is 556. The highest BCUT2D eigenvalue weighted by molar-refractivity contribution is 7.09. The molecule has 1 aromatic heterocycles. The number of thiazole rings is 1. The molecule has 2 rings (SSSR count). The molecule has 0 saturated carbocycles. The number of rotatable bonds is 5. The minimum Gasteiger partial charge on any atom is -0.482 e. The molecule has 0 amide bonds. The van der Waals surface area contributed by atoms with Crippen LogP contribution in [-0.4, -0.2) is 4.98 Å². The Labute approximate surface area is 127 Å². The second-order valence-corrected chi connectivity index (χ2v) is 5.82. The molecule has 5 heteroatoms. The highest BCUT2D eigenvalue weighted by Crippen LogP contribution is 2.32. The molecule has 1 heterocycles. The summed E-state index contributed by atoms with van der Waals surface area (Å²) in [5.41, 5.74) is 2.01. The number of ether oxygens (including phenoxy) is 1. The Kier molecular flexibility index (Phi) is 5.08. The molecule has 2 nitrogen and oxygen atoms in total. The average Bonchev–Trinajstić information content (AvgIpc) is 2.88. The van der Waals surface area contributed by atoms with Gasteiger partial charge < -0.3 is 4.74 Å². The van der Waals surface area contributed by atoms with Crippen LogP contribution in [0.25, 0.3) is 0 Å². The average molecular weight is 316 g/mol. The molecule has 0 bridgehead atoms. The smallest absolute Gasteiger partial charge is 0.150 e. The van der Waals surface area contributed by atoms with Crippen LogP contribution in [0, 0.1) is 6.92 Å². The molecule has 1 atom stereocenters. The number of halogens is 2. The van der Waals surface area contributed by atoms with Crippen LogP contribution in [0.4, 0.5) is 0 Å². The van der Waals surface area contributed by atoms with Crippen LogP contribution in [0.2, 0.25) is 5.02 Å². The van der Waals surface area contributed by atoms with Gasteiger partial charge in [-0.2, -0.15) is 0 Å². The predicted octanol–water partition coefficient (Wildman–Crippen LogP) is 5.37. The lowest BCUT2D eigenvalue weighted by Crippen LogP contribution is -2.06. The second kappa shape index (κ2) is 6.60. The van der Waals surface area contributed by atoms with E-state index in [4.69, 9.17) is 27.9 Å². The van der Waals surface area contributed by atoms with Gasteiger partial charge >= 0.3 is 0 Å². The number of alkyl halides is 1. The number of hydrogen-bond donors (Lipinski definition) is 0. The van der Waals surface area contributed by atoms with Crippen LogP contribution in [0.3, 0.4) is 0 Å². The highest BCUT2D eigenvalue weighted by atomic mass is 35.5. The normalized spacial score (nSPS) is 12.4. The molecule has 0 aliphatic heterocycles. The minimum atomic E-state index is -0.0822. The van der Waals surface area contributed by atoms with Crippen molar-refractivity contribution in [2.24, 2.45) is 0 Å². The zero-order chi connectivity index (χ0) is 13.8. The van der Waals surface area contributed by atoms with Crippen molar-refractivity contribution in [1.29, 1.82) is 0 Å². The van der Waals surface area contributed by atoms with Gasteiger partial charge in [0.1, 0.15) is 16.9 Å². The number of hydrogen-bond acceptors (Lipinski definition) is 3.